The standard InChI is InChI=1S/C13H15N3O2S2/c1-3-7-14-10-5-4-6-11(12(10)16(17)18)20-13-15-9(2)8-19-13/h4-6,8,14H,3,7H2,1-2H3. The molecule has 1 N–H and O–H groups in total. The maximum atomic E-state index is 11.3. The van der Waals surface area contributed by atoms with Crippen molar-refractivity contribution >= 4 is 34.5 Å². The second-order valence-corrected chi connectivity index (χ2v) is 6.34. The maximum absolute atomic E-state index is 11.3. The zero-order valence-corrected chi connectivity index (χ0v) is 12.9. The van der Waals surface area contributed by atoms with Crippen molar-refractivity contribution in [3.05, 3.63) is 39.4 Å². The van der Waals surface area contributed by atoms with E-state index >= 15 is 0 Å². The summed E-state index contributed by atoms with van der Waals surface area (Å²) in [5, 5.41) is 16.4. The van der Waals surface area contributed by atoms with Gasteiger partial charge in [-0.2, -0.15) is 0 Å². The molecule has 0 fully saturated rings. The van der Waals surface area contributed by atoms with Gasteiger partial charge in [-0.1, -0.05) is 24.8 Å². The van der Waals surface area contributed by atoms with Gasteiger partial charge in [0.25, 0.3) is 0 Å². The van der Waals surface area contributed by atoms with Crippen molar-refractivity contribution in [1.82, 2.24) is 4.98 Å². The molecule has 1 aromatic carbocycles. The van der Waals surface area contributed by atoms with E-state index in [0.717, 1.165) is 16.5 Å². The van der Waals surface area contributed by atoms with Crippen molar-refractivity contribution in [2.75, 3.05) is 11.9 Å². The van der Waals surface area contributed by atoms with Crippen LogP contribution in [0.3, 0.4) is 0 Å². The zero-order valence-electron chi connectivity index (χ0n) is 11.3. The van der Waals surface area contributed by atoms with Crippen LogP contribution in [-0.4, -0.2) is 16.5 Å². The third-order valence-electron chi connectivity index (χ3n) is 2.54. The van der Waals surface area contributed by atoms with E-state index in [9.17, 15) is 10.1 Å². The highest BCUT2D eigenvalue weighted by molar-refractivity contribution is 8.01. The molecule has 0 bridgehead atoms. The second kappa shape index (κ2) is 6.71. The molecule has 0 aliphatic heterocycles. The molecule has 20 heavy (non-hydrogen) atoms. The summed E-state index contributed by atoms with van der Waals surface area (Å²) in [4.78, 5) is 16.0. The Bertz CT molecular complexity index is 613. The van der Waals surface area contributed by atoms with Gasteiger partial charge in [0.05, 0.1) is 9.82 Å². The lowest BCUT2D eigenvalue weighted by molar-refractivity contribution is -0.386. The molecule has 1 heterocycles. The van der Waals surface area contributed by atoms with Crippen LogP contribution >= 0.6 is 23.1 Å². The van der Waals surface area contributed by atoms with Crippen LogP contribution in [0.2, 0.25) is 0 Å². The minimum atomic E-state index is -0.333. The average Bonchev–Trinajstić information content (AvgIpc) is 2.81. The molecule has 0 radical (unpaired) electrons. The summed E-state index contributed by atoms with van der Waals surface area (Å²) < 4.78 is 0.818. The zero-order chi connectivity index (χ0) is 14.5. The number of nitrogens with zero attached hydrogens (tertiary/aromatic N) is 2. The van der Waals surface area contributed by atoms with Crippen LogP contribution in [0.5, 0.6) is 0 Å². The van der Waals surface area contributed by atoms with E-state index in [4.69, 9.17) is 0 Å². The fourth-order valence-corrected chi connectivity index (χ4v) is 3.60. The van der Waals surface area contributed by atoms with Crippen LogP contribution in [0.1, 0.15) is 19.0 Å². The van der Waals surface area contributed by atoms with E-state index in [0.29, 0.717) is 17.1 Å². The predicted octanol–water partition coefficient (Wildman–Crippen LogP) is 4.33. The summed E-state index contributed by atoms with van der Waals surface area (Å²) in [5.74, 6) is 0. The van der Waals surface area contributed by atoms with Crippen molar-refractivity contribution in [3.8, 4) is 0 Å². The predicted molar refractivity (Wildman–Crippen MR) is 82.9 cm³/mol. The Kier molecular flexibility index (Phi) is 4.97. The number of rotatable bonds is 6. The normalized spacial score (nSPS) is 10.5. The van der Waals surface area contributed by atoms with Gasteiger partial charge in [0.2, 0.25) is 0 Å². The molecule has 7 heteroatoms. The highest BCUT2D eigenvalue weighted by atomic mass is 32.2. The topological polar surface area (TPSA) is 68.1 Å². The van der Waals surface area contributed by atoms with Crippen LogP contribution in [0, 0.1) is 17.0 Å². The first-order valence-corrected chi connectivity index (χ1v) is 7.92. The molecule has 5 nitrogen and oxygen atoms in total. The van der Waals surface area contributed by atoms with Gasteiger partial charge in [-0.05, 0) is 25.5 Å². The summed E-state index contributed by atoms with van der Waals surface area (Å²) >= 11 is 2.83. The van der Waals surface area contributed by atoms with Gasteiger partial charge in [0.15, 0.2) is 4.34 Å². The maximum Gasteiger partial charge on any atom is 0.306 e. The molecule has 106 valence electrons. The smallest absolute Gasteiger partial charge is 0.306 e. The van der Waals surface area contributed by atoms with Crippen molar-refractivity contribution in [3.63, 3.8) is 0 Å². The first-order valence-electron chi connectivity index (χ1n) is 6.23. The van der Waals surface area contributed by atoms with Gasteiger partial charge >= 0.3 is 5.69 Å². The highest BCUT2D eigenvalue weighted by Crippen LogP contribution is 2.40. The van der Waals surface area contributed by atoms with Gasteiger partial charge in [0, 0.05) is 17.6 Å². The van der Waals surface area contributed by atoms with Crippen LogP contribution < -0.4 is 5.32 Å². The van der Waals surface area contributed by atoms with E-state index in [1.54, 1.807) is 12.1 Å². The van der Waals surface area contributed by atoms with Gasteiger partial charge < -0.3 is 5.32 Å². The number of nitro benzene ring substituents is 1. The molecular formula is C13H15N3O2S2. The van der Waals surface area contributed by atoms with E-state index in [-0.39, 0.29) is 10.6 Å². The second-order valence-electron chi connectivity index (χ2n) is 4.19. The largest absolute Gasteiger partial charge is 0.379 e. The number of benzene rings is 1. The van der Waals surface area contributed by atoms with Crippen molar-refractivity contribution in [2.45, 2.75) is 29.5 Å². The number of aryl methyl sites for hydroxylation is 1. The average molecular weight is 309 g/mol. The molecule has 0 saturated heterocycles. The van der Waals surface area contributed by atoms with Crippen molar-refractivity contribution < 1.29 is 4.92 Å². The molecule has 2 aromatic rings. The SMILES string of the molecule is CCCNc1cccc(Sc2nc(C)cs2)c1[N+](=O)[O-]. The molecule has 2 rings (SSSR count). The Morgan fingerprint density at radius 2 is 2.30 bits per heavy atom. The number of aromatic nitrogens is 1. The number of hydrogen-bond acceptors (Lipinski definition) is 6. The number of anilines is 1. The first kappa shape index (κ1) is 14.8. The van der Waals surface area contributed by atoms with Crippen molar-refractivity contribution in [1.29, 1.82) is 0 Å². The summed E-state index contributed by atoms with van der Waals surface area (Å²) in [6.07, 6.45) is 0.917. The van der Waals surface area contributed by atoms with E-state index in [2.05, 4.69) is 10.3 Å². The molecule has 0 aliphatic carbocycles. The molecule has 0 aliphatic rings. The first-order chi connectivity index (χ1) is 9.61. The quantitative estimate of drug-likeness (QED) is 0.635. The molecule has 0 unspecified atom stereocenters. The Morgan fingerprint density at radius 1 is 1.50 bits per heavy atom. The fraction of sp³-hybridized carbons (Fsp3) is 0.308. The number of hydrogen-bond donors (Lipinski definition) is 1. The van der Waals surface area contributed by atoms with Crippen LogP contribution in [0.25, 0.3) is 0 Å². The molecule has 0 spiro atoms. The Labute approximate surface area is 125 Å². The summed E-state index contributed by atoms with van der Waals surface area (Å²) in [6.45, 7) is 4.65. The van der Waals surface area contributed by atoms with E-state index in [1.165, 1.54) is 23.1 Å². The number of para-hydroxylation sites is 1. The Hall–Kier alpha value is -1.60. The van der Waals surface area contributed by atoms with E-state index < -0.39 is 0 Å². The third-order valence-corrected chi connectivity index (χ3v) is 4.65. The minimum Gasteiger partial charge on any atom is -0.379 e. The fourth-order valence-electron chi connectivity index (χ4n) is 1.67. The van der Waals surface area contributed by atoms with Crippen LogP contribution in [0.4, 0.5) is 11.4 Å². The highest BCUT2D eigenvalue weighted by Gasteiger charge is 2.21. The van der Waals surface area contributed by atoms with Crippen molar-refractivity contribution in [2.24, 2.45) is 0 Å². The summed E-state index contributed by atoms with van der Waals surface area (Å²) in [6, 6.07) is 5.33. The number of nitro groups is 1. The summed E-state index contributed by atoms with van der Waals surface area (Å²) in [5.41, 5.74) is 1.62. The minimum absolute atomic E-state index is 0.124. The van der Waals surface area contributed by atoms with Gasteiger partial charge in [-0.15, -0.1) is 11.3 Å². The lowest BCUT2D eigenvalue weighted by Crippen LogP contribution is -2.03. The molecular weight excluding hydrogens is 294 g/mol. The molecule has 0 saturated carbocycles. The molecule has 0 atom stereocenters. The van der Waals surface area contributed by atoms with E-state index in [1.807, 2.05) is 25.3 Å². The molecule has 0 amide bonds. The van der Waals surface area contributed by atoms with Gasteiger partial charge in [-0.25, -0.2) is 4.98 Å². The van der Waals surface area contributed by atoms with Gasteiger partial charge in [-0.3, -0.25) is 10.1 Å². The Morgan fingerprint density at radius 3 is 2.90 bits per heavy atom. The third kappa shape index (κ3) is 3.49. The van der Waals surface area contributed by atoms with Crippen LogP contribution in [-0.2, 0) is 0 Å². The van der Waals surface area contributed by atoms with Gasteiger partial charge in [0.1, 0.15) is 5.69 Å². The number of thiazole rings is 1. The lowest BCUT2D eigenvalue weighted by atomic mass is 10.2. The molecule has 1 aromatic heterocycles. The number of nitrogens with one attached hydrogen (secondary N) is 1. The Balaban J connectivity index is 2.33. The lowest BCUT2D eigenvalue weighted by Gasteiger charge is -2.08. The summed E-state index contributed by atoms with van der Waals surface area (Å²) in [7, 11) is 0. The monoisotopic (exact) mass is 309 g/mol. The van der Waals surface area contributed by atoms with Crippen LogP contribution in [0.15, 0.2) is 32.8 Å².